The lowest BCUT2D eigenvalue weighted by Gasteiger charge is -2.35. The normalized spacial score (nSPS) is 22.4. The number of carbonyl (C=O) groups excluding carboxylic acids is 3. The third-order valence-electron chi connectivity index (χ3n) is 2.95. The van der Waals surface area contributed by atoms with E-state index in [-0.39, 0.29) is 11.9 Å². The van der Waals surface area contributed by atoms with Gasteiger partial charge in [0.15, 0.2) is 0 Å². The first-order valence-corrected chi connectivity index (χ1v) is 6.21. The van der Waals surface area contributed by atoms with Crippen molar-refractivity contribution in [3.8, 4) is 0 Å². The molecule has 0 aromatic heterocycles. The smallest absolute Gasteiger partial charge is 0.307 e. The van der Waals surface area contributed by atoms with Gasteiger partial charge >= 0.3 is 6.03 Å². The molecule has 1 saturated heterocycles. The standard InChI is InChI=1S/C12H21N3O3/c1-5-6-9-10(16)13-12(18)15(11(9)17)8(2)7-14(3)4/h8-9H,5-7H2,1-4H3,(H,13,16,18). The predicted molar refractivity (Wildman–Crippen MR) is 66.8 cm³/mol. The van der Waals surface area contributed by atoms with Crippen LogP contribution < -0.4 is 5.32 Å². The van der Waals surface area contributed by atoms with Gasteiger partial charge < -0.3 is 4.90 Å². The molecule has 0 aromatic carbocycles. The van der Waals surface area contributed by atoms with Crippen LogP contribution in [0.15, 0.2) is 0 Å². The van der Waals surface area contributed by atoms with Crippen LogP contribution in [0.4, 0.5) is 4.79 Å². The van der Waals surface area contributed by atoms with Crippen molar-refractivity contribution in [2.24, 2.45) is 5.92 Å². The Morgan fingerprint density at radius 3 is 2.44 bits per heavy atom. The van der Waals surface area contributed by atoms with Crippen molar-refractivity contribution in [3.63, 3.8) is 0 Å². The lowest BCUT2D eigenvalue weighted by Crippen LogP contribution is -2.61. The lowest BCUT2D eigenvalue weighted by molar-refractivity contribution is -0.144. The molecule has 1 aliphatic heterocycles. The molecule has 0 bridgehead atoms. The first kappa shape index (κ1) is 14.6. The van der Waals surface area contributed by atoms with Crippen LogP contribution in [-0.2, 0) is 9.59 Å². The van der Waals surface area contributed by atoms with E-state index in [0.717, 1.165) is 6.42 Å². The summed E-state index contributed by atoms with van der Waals surface area (Å²) >= 11 is 0. The number of hydrogen-bond donors (Lipinski definition) is 1. The van der Waals surface area contributed by atoms with Gasteiger partial charge in [0, 0.05) is 6.54 Å². The Morgan fingerprint density at radius 1 is 1.33 bits per heavy atom. The molecular weight excluding hydrogens is 234 g/mol. The van der Waals surface area contributed by atoms with Crippen LogP contribution in [-0.4, -0.2) is 54.3 Å². The molecule has 2 atom stereocenters. The van der Waals surface area contributed by atoms with Gasteiger partial charge in [-0.2, -0.15) is 0 Å². The van der Waals surface area contributed by atoms with Crippen molar-refractivity contribution >= 4 is 17.8 Å². The first-order valence-electron chi connectivity index (χ1n) is 6.21. The summed E-state index contributed by atoms with van der Waals surface area (Å²) in [5.74, 6) is -1.57. The van der Waals surface area contributed by atoms with Crippen molar-refractivity contribution in [2.75, 3.05) is 20.6 Å². The van der Waals surface area contributed by atoms with E-state index >= 15 is 0 Å². The fourth-order valence-corrected chi connectivity index (χ4v) is 2.20. The molecule has 1 heterocycles. The monoisotopic (exact) mass is 255 g/mol. The van der Waals surface area contributed by atoms with E-state index in [0.29, 0.717) is 13.0 Å². The van der Waals surface area contributed by atoms with E-state index in [1.165, 1.54) is 4.90 Å². The van der Waals surface area contributed by atoms with Gasteiger partial charge in [-0.3, -0.25) is 19.8 Å². The maximum Gasteiger partial charge on any atom is 0.331 e. The fraction of sp³-hybridized carbons (Fsp3) is 0.750. The largest absolute Gasteiger partial charge is 0.331 e. The predicted octanol–water partition coefficient (Wildman–Crippen LogP) is 0.431. The fourth-order valence-electron chi connectivity index (χ4n) is 2.20. The number of urea groups is 1. The number of amides is 4. The van der Waals surface area contributed by atoms with Crippen LogP contribution >= 0.6 is 0 Å². The second-order valence-corrected chi connectivity index (χ2v) is 4.96. The van der Waals surface area contributed by atoms with Gasteiger partial charge in [-0.25, -0.2) is 4.79 Å². The van der Waals surface area contributed by atoms with Crippen LogP contribution in [0, 0.1) is 5.92 Å². The molecule has 2 unspecified atom stereocenters. The Kier molecular flexibility index (Phi) is 4.84. The number of hydrogen-bond acceptors (Lipinski definition) is 4. The summed E-state index contributed by atoms with van der Waals surface area (Å²) in [6, 6.07) is -0.855. The van der Waals surface area contributed by atoms with E-state index in [1.807, 2.05) is 25.9 Å². The Balaban J connectivity index is 2.86. The molecule has 0 radical (unpaired) electrons. The van der Waals surface area contributed by atoms with E-state index in [2.05, 4.69) is 5.32 Å². The molecule has 0 saturated carbocycles. The highest BCUT2D eigenvalue weighted by atomic mass is 16.2. The van der Waals surface area contributed by atoms with Gasteiger partial charge in [-0.15, -0.1) is 0 Å². The quantitative estimate of drug-likeness (QED) is 0.723. The lowest BCUT2D eigenvalue weighted by atomic mass is 9.98. The number of barbiturate groups is 1. The summed E-state index contributed by atoms with van der Waals surface area (Å²) in [5, 5.41) is 2.26. The molecule has 1 rings (SSSR count). The van der Waals surface area contributed by atoms with Crippen molar-refractivity contribution in [1.82, 2.24) is 15.1 Å². The number of imide groups is 2. The zero-order valence-corrected chi connectivity index (χ0v) is 11.4. The minimum atomic E-state index is -0.725. The molecule has 102 valence electrons. The summed E-state index contributed by atoms with van der Waals surface area (Å²) in [4.78, 5) is 38.6. The van der Waals surface area contributed by atoms with Gasteiger partial charge in [0.05, 0.1) is 6.04 Å². The Bertz CT molecular complexity index is 354. The third-order valence-corrected chi connectivity index (χ3v) is 2.95. The van der Waals surface area contributed by atoms with Crippen LogP contribution in [0.2, 0.25) is 0 Å². The Hall–Kier alpha value is -1.43. The van der Waals surface area contributed by atoms with Crippen molar-refractivity contribution in [2.45, 2.75) is 32.7 Å². The van der Waals surface area contributed by atoms with Crippen molar-refractivity contribution < 1.29 is 14.4 Å². The number of rotatable bonds is 5. The summed E-state index contributed by atoms with van der Waals surface area (Å²) in [7, 11) is 3.75. The Labute approximate surface area is 107 Å². The molecular formula is C12H21N3O3. The second kappa shape index (κ2) is 5.95. The SMILES string of the molecule is CCCC1C(=O)NC(=O)N(C(C)CN(C)C)C1=O. The van der Waals surface area contributed by atoms with E-state index < -0.39 is 17.9 Å². The molecule has 0 aromatic rings. The van der Waals surface area contributed by atoms with Crippen LogP contribution in [0.25, 0.3) is 0 Å². The molecule has 0 spiro atoms. The highest BCUT2D eigenvalue weighted by molar-refractivity contribution is 6.16. The van der Waals surface area contributed by atoms with Gasteiger partial charge in [0.1, 0.15) is 5.92 Å². The highest BCUT2D eigenvalue weighted by Gasteiger charge is 2.41. The van der Waals surface area contributed by atoms with E-state index in [4.69, 9.17) is 0 Å². The Morgan fingerprint density at radius 2 is 1.94 bits per heavy atom. The van der Waals surface area contributed by atoms with E-state index in [9.17, 15) is 14.4 Å². The van der Waals surface area contributed by atoms with Crippen LogP contribution in [0.5, 0.6) is 0 Å². The number of nitrogens with zero attached hydrogens (tertiary/aromatic N) is 2. The average molecular weight is 255 g/mol. The summed E-state index contributed by atoms with van der Waals surface area (Å²) < 4.78 is 0. The maximum atomic E-state index is 12.2. The average Bonchev–Trinajstić information content (AvgIpc) is 2.22. The molecule has 4 amide bonds. The molecule has 18 heavy (non-hydrogen) atoms. The summed E-state index contributed by atoms with van der Waals surface area (Å²) in [5.41, 5.74) is 0. The molecule has 1 N–H and O–H groups in total. The summed E-state index contributed by atoms with van der Waals surface area (Å²) in [6.07, 6.45) is 1.21. The zero-order chi connectivity index (χ0) is 13.9. The second-order valence-electron chi connectivity index (χ2n) is 4.96. The molecule has 1 aliphatic rings. The van der Waals surface area contributed by atoms with Crippen molar-refractivity contribution in [3.05, 3.63) is 0 Å². The maximum absolute atomic E-state index is 12.2. The van der Waals surface area contributed by atoms with E-state index in [1.54, 1.807) is 6.92 Å². The third kappa shape index (κ3) is 3.07. The number of likely N-dealkylation sites (N-methyl/N-ethyl adjacent to an activating group) is 1. The topological polar surface area (TPSA) is 69.7 Å². The van der Waals surface area contributed by atoms with Crippen LogP contribution in [0.3, 0.4) is 0 Å². The zero-order valence-electron chi connectivity index (χ0n) is 11.4. The number of nitrogens with one attached hydrogen (secondary N) is 1. The van der Waals surface area contributed by atoms with Crippen LogP contribution in [0.1, 0.15) is 26.7 Å². The summed E-state index contributed by atoms with van der Waals surface area (Å²) in [6.45, 7) is 4.28. The highest BCUT2D eigenvalue weighted by Crippen LogP contribution is 2.18. The van der Waals surface area contributed by atoms with Crippen molar-refractivity contribution in [1.29, 1.82) is 0 Å². The molecule has 1 fully saturated rings. The van der Waals surface area contributed by atoms with Gasteiger partial charge in [0.2, 0.25) is 11.8 Å². The minimum Gasteiger partial charge on any atom is -0.307 e. The number of carbonyl (C=O) groups is 3. The van der Waals surface area contributed by atoms with Gasteiger partial charge in [-0.05, 0) is 27.4 Å². The van der Waals surface area contributed by atoms with Gasteiger partial charge in [-0.1, -0.05) is 13.3 Å². The molecule has 0 aliphatic carbocycles. The van der Waals surface area contributed by atoms with Gasteiger partial charge in [0.25, 0.3) is 0 Å². The first-order chi connectivity index (χ1) is 8.38. The molecule has 6 heteroatoms. The minimum absolute atomic E-state index is 0.250. The molecule has 6 nitrogen and oxygen atoms in total.